The number of unbranched alkanes of at least 4 members (excludes halogenated alkanes) is 1. The SMILES string of the molecule is CCCCC1CCC(C(=O)N2CCc3cc(CC(Br)CC)ccc32)CC1. The summed E-state index contributed by atoms with van der Waals surface area (Å²) in [6.45, 7) is 5.36. The second-order valence-corrected chi connectivity index (χ2v) is 9.57. The Balaban J connectivity index is 1.59. The molecule has 0 radical (unpaired) electrons. The van der Waals surface area contributed by atoms with Crippen molar-refractivity contribution in [1.82, 2.24) is 0 Å². The fourth-order valence-corrected chi connectivity index (χ4v) is 5.00. The summed E-state index contributed by atoms with van der Waals surface area (Å²) in [4.78, 5) is 15.7. The van der Waals surface area contributed by atoms with E-state index in [-0.39, 0.29) is 5.92 Å². The van der Waals surface area contributed by atoms with E-state index in [0.717, 1.165) is 44.6 Å². The van der Waals surface area contributed by atoms with E-state index in [1.54, 1.807) is 0 Å². The van der Waals surface area contributed by atoms with Gasteiger partial charge >= 0.3 is 0 Å². The van der Waals surface area contributed by atoms with E-state index in [1.165, 1.54) is 48.9 Å². The van der Waals surface area contributed by atoms with Crippen LogP contribution in [0.3, 0.4) is 0 Å². The van der Waals surface area contributed by atoms with Crippen molar-refractivity contribution in [3.8, 4) is 0 Å². The summed E-state index contributed by atoms with van der Waals surface area (Å²) in [6, 6.07) is 6.74. The molecular formula is C23H34BrNO. The Morgan fingerprint density at radius 2 is 2.00 bits per heavy atom. The number of alkyl halides is 1. The molecule has 1 fully saturated rings. The first-order chi connectivity index (χ1) is 12.6. The molecule has 2 nitrogen and oxygen atoms in total. The first-order valence-electron chi connectivity index (χ1n) is 10.7. The van der Waals surface area contributed by atoms with Gasteiger partial charge in [0.05, 0.1) is 0 Å². The molecule has 0 N–H and O–H groups in total. The Morgan fingerprint density at radius 1 is 1.23 bits per heavy atom. The van der Waals surface area contributed by atoms with Crippen molar-refractivity contribution >= 4 is 27.5 Å². The lowest BCUT2D eigenvalue weighted by Gasteiger charge is -2.30. The lowest BCUT2D eigenvalue weighted by molar-refractivity contribution is -0.123. The molecule has 1 aromatic carbocycles. The highest BCUT2D eigenvalue weighted by molar-refractivity contribution is 9.09. The van der Waals surface area contributed by atoms with Crippen LogP contribution in [-0.2, 0) is 17.6 Å². The minimum Gasteiger partial charge on any atom is -0.312 e. The van der Waals surface area contributed by atoms with Crippen LogP contribution >= 0.6 is 15.9 Å². The lowest BCUT2D eigenvalue weighted by Crippen LogP contribution is -2.36. The summed E-state index contributed by atoms with van der Waals surface area (Å²) < 4.78 is 0. The van der Waals surface area contributed by atoms with Crippen LogP contribution < -0.4 is 4.90 Å². The molecule has 1 saturated carbocycles. The number of fused-ring (bicyclic) bond motifs is 1. The summed E-state index contributed by atoms with van der Waals surface area (Å²) in [6.07, 6.45) is 11.9. The van der Waals surface area contributed by atoms with Gasteiger partial charge in [-0.3, -0.25) is 4.79 Å². The first-order valence-corrected chi connectivity index (χ1v) is 11.6. The van der Waals surface area contributed by atoms with Gasteiger partial charge in [0.1, 0.15) is 0 Å². The highest BCUT2D eigenvalue weighted by Crippen LogP contribution is 2.36. The predicted octanol–water partition coefficient (Wildman–Crippen LogP) is 6.29. The number of amides is 1. The molecule has 2 aliphatic rings. The molecule has 0 spiro atoms. The van der Waals surface area contributed by atoms with Crippen molar-refractivity contribution in [1.29, 1.82) is 0 Å². The van der Waals surface area contributed by atoms with Gasteiger partial charge in [-0.25, -0.2) is 0 Å². The summed E-state index contributed by atoms with van der Waals surface area (Å²) in [7, 11) is 0. The number of hydrogen-bond acceptors (Lipinski definition) is 1. The van der Waals surface area contributed by atoms with Crippen LogP contribution in [0.4, 0.5) is 5.69 Å². The molecule has 1 amide bonds. The maximum atomic E-state index is 13.1. The van der Waals surface area contributed by atoms with Crippen LogP contribution in [-0.4, -0.2) is 17.3 Å². The summed E-state index contributed by atoms with van der Waals surface area (Å²) in [5.41, 5.74) is 3.93. The van der Waals surface area contributed by atoms with Crippen LogP contribution in [0.1, 0.15) is 76.3 Å². The van der Waals surface area contributed by atoms with Crippen molar-refractivity contribution in [2.45, 2.75) is 82.9 Å². The number of carbonyl (C=O) groups excluding carboxylic acids is 1. The minimum atomic E-state index is 0.255. The van der Waals surface area contributed by atoms with E-state index >= 15 is 0 Å². The van der Waals surface area contributed by atoms with Crippen LogP contribution in [0.15, 0.2) is 18.2 Å². The van der Waals surface area contributed by atoms with Gasteiger partial charge in [0, 0.05) is 23.0 Å². The molecule has 1 heterocycles. The van der Waals surface area contributed by atoms with E-state index in [9.17, 15) is 4.79 Å². The fourth-order valence-electron chi connectivity index (χ4n) is 4.62. The molecule has 3 rings (SSSR count). The maximum absolute atomic E-state index is 13.1. The maximum Gasteiger partial charge on any atom is 0.230 e. The molecule has 1 aromatic rings. The van der Waals surface area contributed by atoms with Gasteiger partial charge in [0.2, 0.25) is 5.91 Å². The topological polar surface area (TPSA) is 20.3 Å². The van der Waals surface area contributed by atoms with Crippen molar-refractivity contribution in [3.05, 3.63) is 29.3 Å². The number of nitrogens with zero attached hydrogens (tertiary/aromatic N) is 1. The summed E-state index contributed by atoms with van der Waals surface area (Å²) in [5, 5.41) is 0. The Hall–Kier alpha value is -0.830. The molecule has 0 saturated heterocycles. The monoisotopic (exact) mass is 419 g/mol. The van der Waals surface area contributed by atoms with Crippen molar-refractivity contribution in [2.24, 2.45) is 11.8 Å². The third-order valence-corrected chi connectivity index (χ3v) is 7.34. The standard InChI is InChI=1S/C23H34BrNO/c1-3-5-6-17-7-10-19(11-8-17)23(26)25-14-13-20-15-18(9-12-22(20)25)16-21(24)4-2/h9,12,15,17,19,21H,3-8,10-11,13-14,16H2,1-2H3. The average molecular weight is 420 g/mol. The largest absolute Gasteiger partial charge is 0.312 e. The normalized spacial score (nSPS) is 23.7. The van der Waals surface area contributed by atoms with E-state index < -0.39 is 0 Å². The molecule has 3 heteroatoms. The zero-order valence-electron chi connectivity index (χ0n) is 16.5. The third kappa shape index (κ3) is 4.71. The van der Waals surface area contributed by atoms with Crippen LogP contribution in [0.2, 0.25) is 0 Å². The van der Waals surface area contributed by atoms with Gasteiger partial charge in [0.15, 0.2) is 0 Å². The number of anilines is 1. The van der Waals surface area contributed by atoms with E-state index in [1.807, 2.05) is 0 Å². The molecule has 0 aromatic heterocycles. The highest BCUT2D eigenvalue weighted by atomic mass is 79.9. The van der Waals surface area contributed by atoms with Crippen molar-refractivity contribution in [2.75, 3.05) is 11.4 Å². The number of rotatable bonds is 7. The van der Waals surface area contributed by atoms with E-state index in [0.29, 0.717) is 10.7 Å². The zero-order valence-corrected chi connectivity index (χ0v) is 18.1. The number of benzene rings is 1. The first kappa shape index (κ1) is 19.9. The number of halogens is 1. The Bertz CT molecular complexity index is 606. The molecule has 1 atom stereocenters. The number of carbonyl (C=O) groups is 1. The van der Waals surface area contributed by atoms with Gasteiger partial charge < -0.3 is 4.90 Å². The van der Waals surface area contributed by atoms with Gasteiger partial charge in [0.25, 0.3) is 0 Å². The molecule has 0 bridgehead atoms. The third-order valence-electron chi connectivity index (χ3n) is 6.37. The van der Waals surface area contributed by atoms with Crippen molar-refractivity contribution in [3.63, 3.8) is 0 Å². The second kappa shape index (κ2) is 9.39. The van der Waals surface area contributed by atoms with Gasteiger partial charge in [-0.1, -0.05) is 61.2 Å². The summed E-state index contributed by atoms with van der Waals surface area (Å²) >= 11 is 3.74. The minimum absolute atomic E-state index is 0.255. The molecule has 1 aliphatic carbocycles. The van der Waals surface area contributed by atoms with Crippen LogP contribution in [0, 0.1) is 11.8 Å². The Kier molecular flexibility index (Phi) is 7.19. The zero-order chi connectivity index (χ0) is 18.5. The smallest absolute Gasteiger partial charge is 0.230 e. The van der Waals surface area contributed by atoms with Crippen LogP contribution in [0.5, 0.6) is 0 Å². The lowest BCUT2D eigenvalue weighted by atomic mass is 9.79. The Labute approximate surface area is 167 Å². The van der Waals surface area contributed by atoms with E-state index in [4.69, 9.17) is 0 Å². The average Bonchev–Trinajstić information content (AvgIpc) is 3.09. The van der Waals surface area contributed by atoms with Crippen molar-refractivity contribution < 1.29 is 4.79 Å². The molecule has 1 aliphatic heterocycles. The van der Waals surface area contributed by atoms with Crippen LogP contribution in [0.25, 0.3) is 0 Å². The highest BCUT2D eigenvalue weighted by Gasteiger charge is 2.32. The fraction of sp³-hybridized carbons (Fsp3) is 0.696. The van der Waals surface area contributed by atoms with E-state index in [2.05, 4.69) is 52.9 Å². The van der Waals surface area contributed by atoms with Gasteiger partial charge in [-0.15, -0.1) is 0 Å². The number of hydrogen-bond donors (Lipinski definition) is 0. The van der Waals surface area contributed by atoms with Gasteiger partial charge in [-0.05, 0) is 68.1 Å². The molecule has 26 heavy (non-hydrogen) atoms. The predicted molar refractivity (Wildman–Crippen MR) is 114 cm³/mol. The molecule has 144 valence electrons. The Morgan fingerprint density at radius 3 is 2.69 bits per heavy atom. The molecule has 1 unspecified atom stereocenters. The molecular weight excluding hydrogens is 386 g/mol. The second-order valence-electron chi connectivity index (χ2n) is 8.27. The van der Waals surface area contributed by atoms with Gasteiger partial charge in [-0.2, -0.15) is 0 Å². The summed E-state index contributed by atoms with van der Waals surface area (Å²) in [5.74, 6) is 1.51. The quantitative estimate of drug-likeness (QED) is 0.475.